The van der Waals surface area contributed by atoms with E-state index in [9.17, 15) is 9.59 Å². The lowest BCUT2D eigenvalue weighted by atomic mass is 10.1. The van der Waals surface area contributed by atoms with Crippen molar-refractivity contribution in [1.29, 1.82) is 0 Å². The number of rotatable bonds is 6. The Morgan fingerprint density at radius 3 is 2.68 bits per heavy atom. The minimum Gasteiger partial charge on any atom is -0.497 e. The van der Waals surface area contributed by atoms with Crippen molar-refractivity contribution < 1.29 is 14.3 Å². The Bertz CT molecular complexity index is 460. The zero-order valence-corrected chi connectivity index (χ0v) is 11.2. The summed E-state index contributed by atoms with van der Waals surface area (Å²) in [6.07, 6.45) is 0.938. The average Bonchev–Trinajstić information content (AvgIpc) is 2.44. The predicted molar refractivity (Wildman–Crippen MR) is 73.3 cm³/mol. The van der Waals surface area contributed by atoms with Crippen LogP contribution in [0.5, 0.6) is 5.75 Å². The van der Waals surface area contributed by atoms with Crippen LogP contribution in [0.2, 0.25) is 0 Å². The van der Waals surface area contributed by atoms with Gasteiger partial charge < -0.3 is 21.1 Å². The van der Waals surface area contributed by atoms with Crippen LogP contribution in [0.3, 0.4) is 0 Å². The van der Waals surface area contributed by atoms with Gasteiger partial charge in [0.15, 0.2) is 0 Å². The van der Waals surface area contributed by atoms with Gasteiger partial charge in [-0.3, -0.25) is 9.59 Å². The summed E-state index contributed by atoms with van der Waals surface area (Å²) in [6, 6.07) is 4.91. The molecule has 0 aliphatic rings. The molecule has 4 N–H and O–H groups in total. The Morgan fingerprint density at radius 1 is 1.37 bits per heavy atom. The number of ether oxygens (including phenoxy) is 1. The summed E-state index contributed by atoms with van der Waals surface area (Å²) < 4.78 is 5.07. The van der Waals surface area contributed by atoms with E-state index in [1.807, 2.05) is 0 Å². The highest BCUT2D eigenvalue weighted by Crippen LogP contribution is 2.22. The average molecular weight is 265 g/mol. The Balaban J connectivity index is 2.92. The van der Waals surface area contributed by atoms with E-state index in [2.05, 4.69) is 10.6 Å². The SMILES string of the molecule is CNC(=O)c1cc(OC)ccc1NC(=O)CCCN. The molecule has 0 heterocycles. The number of benzene rings is 1. The third kappa shape index (κ3) is 4.26. The molecule has 0 atom stereocenters. The van der Waals surface area contributed by atoms with Gasteiger partial charge in [0.1, 0.15) is 5.75 Å². The van der Waals surface area contributed by atoms with Gasteiger partial charge in [-0.15, -0.1) is 0 Å². The van der Waals surface area contributed by atoms with Crippen LogP contribution in [-0.4, -0.2) is 32.5 Å². The molecule has 2 amide bonds. The summed E-state index contributed by atoms with van der Waals surface area (Å²) in [5, 5.41) is 5.22. The van der Waals surface area contributed by atoms with Gasteiger partial charge in [0.05, 0.1) is 18.4 Å². The maximum absolute atomic E-state index is 11.8. The molecule has 0 unspecified atom stereocenters. The molecule has 0 fully saturated rings. The summed E-state index contributed by atoms with van der Waals surface area (Å²) in [6.45, 7) is 0.457. The van der Waals surface area contributed by atoms with Crippen molar-refractivity contribution in [2.75, 3.05) is 26.0 Å². The van der Waals surface area contributed by atoms with E-state index in [1.165, 1.54) is 14.2 Å². The third-order valence-corrected chi connectivity index (χ3v) is 2.58. The summed E-state index contributed by atoms with van der Waals surface area (Å²) in [7, 11) is 3.05. The molecule has 6 heteroatoms. The van der Waals surface area contributed by atoms with Gasteiger partial charge in [-0.05, 0) is 31.2 Å². The predicted octanol–water partition coefficient (Wildman–Crippen LogP) is 0.732. The number of carbonyl (C=O) groups excluding carboxylic acids is 2. The summed E-state index contributed by atoms with van der Waals surface area (Å²) in [5.74, 6) is 0.104. The number of methoxy groups -OCH3 is 1. The van der Waals surface area contributed by atoms with Crippen LogP contribution in [0.4, 0.5) is 5.69 Å². The molecule has 1 aromatic rings. The fraction of sp³-hybridized carbons (Fsp3) is 0.385. The maximum Gasteiger partial charge on any atom is 0.253 e. The zero-order chi connectivity index (χ0) is 14.3. The Labute approximate surface area is 112 Å². The van der Waals surface area contributed by atoms with Crippen molar-refractivity contribution >= 4 is 17.5 Å². The Kier molecular flexibility index (Phi) is 5.81. The number of anilines is 1. The number of amides is 2. The van der Waals surface area contributed by atoms with Crippen LogP contribution in [0.15, 0.2) is 18.2 Å². The molecular weight excluding hydrogens is 246 g/mol. The second-order valence-electron chi connectivity index (χ2n) is 3.93. The van der Waals surface area contributed by atoms with Crippen molar-refractivity contribution in [2.24, 2.45) is 5.73 Å². The van der Waals surface area contributed by atoms with E-state index in [0.717, 1.165) is 0 Å². The van der Waals surface area contributed by atoms with Gasteiger partial charge in [0, 0.05) is 13.5 Å². The van der Waals surface area contributed by atoms with Gasteiger partial charge in [-0.2, -0.15) is 0 Å². The normalized spacial score (nSPS) is 9.84. The first-order chi connectivity index (χ1) is 9.12. The molecule has 19 heavy (non-hydrogen) atoms. The molecular formula is C13H19N3O3. The molecule has 0 aliphatic heterocycles. The van der Waals surface area contributed by atoms with Gasteiger partial charge in [-0.25, -0.2) is 0 Å². The second-order valence-corrected chi connectivity index (χ2v) is 3.93. The molecule has 1 rings (SSSR count). The summed E-state index contributed by atoms with van der Waals surface area (Å²) in [4.78, 5) is 23.4. The highest BCUT2D eigenvalue weighted by atomic mass is 16.5. The third-order valence-electron chi connectivity index (χ3n) is 2.58. The molecule has 6 nitrogen and oxygen atoms in total. The van der Waals surface area contributed by atoms with Crippen molar-refractivity contribution in [3.63, 3.8) is 0 Å². The van der Waals surface area contributed by atoms with Crippen LogP contribution < -0.4 is 21.1 Å². The number of nitrogens with one attached hydrogen (secondary N) is 2. The van der Waals surface area contributed by atoms with Crippen molar-refractivity contribution in [3.05, 3.63) is 23.8 Å². The minimum absolute atomic E-state index is 0.166. The number of carbonyl (C=O) groups is 2. The smallest absolute Gasteiger partial charge is 0.253 e. The van der Waals surface area contributed by atoms with Crippen molar-refractivity contribution in [2.45, 2.75) is 12.8 Å². The van der Waals surface area contributed by atoms with Crippen molar-refractivity contribution in [1.82, 2.24) is 5.32 Å². The molecule has 1 aromatic carbocycles. The van der Waals surface area contributed by atoms with Gasteiger partial charge in [0.2, 0.25) is 5.91 Å². The first-order valence-electron chi connectivity index (χ1n) is 6.02. The van der Waals surface area contributed by atoms with E-state index in [1.54, 1.807) is 18.2 Å². The largest absolute Gasteiger partial charge is 0.497 e. The topological polar surface area (TPSA) is 93.5 Å². The molecule has 0 saturated carbocycles. The lowest BCUT2D eigenvalue weighted by molar-refractivity contribution is -0.116. The first kappa shape index (κ1) is 15.0. The molecule has 0 aromatic heterocycles. The standard InChI is InChI=1S/C13H19N3O3/c1-15-13(18)10-8-9(19-2)5-6-11(10)16-12(17)4-3-7-14/h5-6,8H,3-4,7,14H2,1-2H3,(H,15,18)(H,16,17). The number of hydrogen-bond donors (Lipinski definition) is 3. The minimum atomic E-state index is -0.284. The molecule has 0 aliphatic carbocycles. The molecule has 0 radical (unpaired) electrons. The highest BCUT2D eigenvalue weighted by molar-refractivity contribution is 6.04. The monoisotopic (exact) mass is 265 g/mol. The summed E-state index contributed by atoms with van der Waals surface area (Å²) in [5.41, 5.74) is 6.17. The van der Waals surface area contributed by atoms with Gasteiger partial charge in [0.25, 0.3) is 5.91 Å². The lowest BCUT2D eigenvalue weighted by Crippen LogP contribution is -2.21. The molecule has 0 saturated heterocycles. The maximum atomic E-state index is 11.8. The quantitative estimate of drug-likeness (QED) is 0.707. The Morgan fingerprint density at radius 2 is 2.11 bits per heavy atom. The van der Waals surface area contributed by atoms with E-state index < -0.39 is 0 Å². The first-order valence-corrected chi connectivity index (χ1v) is 6.02. The van der Waals surface area contributed by atoms with Gasteiger partial charge >= 0.3 is 0 Å². The Hall–Kier alpha value is -2.08. The molecule has 0 bridgehead atoms. The summed E-state index contributed by atoms with van der Waals surface area (Å²) >= 11 is 0. The van der Waals surface area contributed by atoms with E-state index in [4.69, 9.17) is 10.5 Å². The fourth-order valence-electron chi connectivity index (χ4n) is 1.56. The zero-order valence-electron chi connectivity index (χ0n) is 11.2. The molecule has 0 spiro atoms. The van der Waals surface area contributed by atoms with Crippen LogP contribution in [0.1, 0.15) is 23.2 Å². The van der Waals surface area contributed by atoms with Crippen LogP contribution in [0.25, 0.3) is 0 Å². The lowest BCUT2D eigenvalue weighted by Gasteiger charge is -2.11. The number of nitrogens with two attached hydrogens (primary N) is 1. The second kappa shape index (κ2) is 7.38. The highest BCUT2D eigenvalue weighted by Gasteiger charge is 2.13. The molecule has 104 valence electrons. The van der Waals surface area contributed by atoms with E-state index in [-0.39, 0.29) is 11.8 Å². The van der Waals surface area contributed by atoms with Crippen molar-refractivity contribution in [3.8, 4) is 5.75 Å². The van der Waals surface area contributed by atoms with Gasteiger partial charge in [-0.1, -0.05) is 0 Å². The van der Waals surface area contributed by atoms with Crippen LogP contribution in [0, 0.1) is 0 Å². The van der Waals surface area contributed by atoms with E-state index in [0.29, 0.717) is 36.4 Å². The van der Waals surface area contributed by atoms with E-state index >= 15 is 0 Å². The number of hydrogen-bond acceptors (Lipinski definition) is 4. The fourth-order valence-corrected chi connectivity index (χ4v) is 1.56. The van der Waals surface area contributed by atoms with Crippen LogP contribution in [-0.2, 0) is 4.79 Å². The van der Waals surface area contributed by atoms with Crippen LogP contribution >= 0.6 is 0 Å².